The molecule has 0 aliphatic carbocycles. The van der Waals surface area contributed by atoms with Crippen LogP contribution in [0.2, 0.25) is 10.0 Å². The number of carboxylic acids is 1. The van der Waals surface area contributed by atoms with Gasteiger partial charge in [-0.05, 0) is 18.6 Å². The zero-order valence-electron chi connectivity index (χ0n) is 11.8. The number of nitrogens with one attached hydrogen (secondary N) is 1. The molecule has 0 saturated carbocycles. The maximum absolute atomic E-state index is 12.0. The number of aliphatic carboxylic acids is 1. The monoisotopic (exact) mass is 333 g/mol. The molecule has 1 aromatic carbocycles. The van der Waals surface area contributed by atoms with Crippen molar-refractivity contribution in [2.45, 2.75) is 19.8 Å². The third kappa shape index (κ3) is 4.79. The maximum atomic E-state index is 12.0. The second-order valence-corrected chi connectivity index (χ2v) is 5.32. The molecular weight excluding hydrogens is 317 g/mol. The van der Waals surface area contributed by atoms with Crippen LogP contribution in [0.1, 0.15) is 30.1 Å². The van der Waals surface area contributed by atoms with Crippen LogP contribution in [-0.4, -0.2) is 30.6 Å². The van der Waals surface area contributed by atoms with Crippen LogP contribution in [0.15, 0.2) is 12.1 Å². The van der Waals surface area contributed by atoms with Crippen molar-refractivity contribution in [2.75, 3.05) is 13.7 Å². The van der Waals surface area contributed by atoms with Crippen LogP contribution in [0.5, 0.6) is 5.75 Å². The number of benzene rings is 1. The molecule has 0 heterocycles. The largest absolute Gasteiger partial charge is 0.494 e. The first-order valence-electron chi connectivity index (χ1n) is 6.44. The molecule has 0 bridgehead atoms. The predicted octanol–water partition coefficient (Wildman–Crippen LogP) is 3.23. The summed E-state index contributed by atoms with van der Waals surface area (Å²) in [7, 11) is 1.43. The molecule has 0 aliphatic rings. The van der Waals surface area contributed by atoms with Crippen LogP contribution in [-0.2, 0) is 4.79 Å². The summed E-state index contributed by atoms with van der Waals surface area (Å²) in [6.45, 7) is 1.95. The molecule has 116 valence electrons. The van der Waals surface area contributed by atoms with Crippen LogP contribution in [0, 0.1) is 5.92 Å². The Kier molecular flexibility index (Phi) is 6.78. The van der Waals surface area contributed by atoms with Gasteiger partial charge in [-0.2, -0.15) is 0 Å². The summed E-state index contributed by atoms with van der Waals surface area (Å²) in [5.74, 6) is -1.67. The van der Waals surface area contributed by atoms with E-state index in [0.717, 1.165) is 6.42 Å². The molecule has 1 atom stereocenters. The molecule has 7 heteroatoms. The number of carbonyl (C=O) groups excluding carboxylic acids is 1. The normalized spacial score (nSPS) is 11.8. The lowest BCUT2D eigenvalue weighted by atomic mass is 10.0. The lowest BCUT2D eigenvalue weighted by Gasteiger charge is -2.13. The van der Waals surface area contributed by atoms with Gasteiger partial charge in [0.25, 0.3) is 5.91 Å². The minimum Gasteiger partial charge on any atom is -0.494 e. The van der Waals surface area contributed by atoms with Crippen LogP contribution in [0.25, 0.3) is 0 Å². The van der Waals surface area contributed by atoms with Crippen LogP contribution >= 0.6 is 23.2 Å². The second kappa shape index (κ2) is 8.10. The van der Waals surface area contributed by atoms with E-state index in [1.807, 2.05) is 6.92 Å². The summed E-state index contributed by atoms with van der Waals surface area (Å²) in [6, 6.07) is 2.86. The highest BCUT2D eigenvalue weighted by molar-refractivity contribution is 6.37. The van der Waals surface area contributed by atoms with Crippen molar-refractivity contribution >= 4 is 35.1 Å². The second-order valence-electron chi connectivity index (χ2n) is 4.51. The fraction of sp³-hybridized carbons (Fsp3) is 0.429. The molecule has 0 spiro atoms. The average molecular weight is 334 g/mol. The first-order valence-corrected chi connectivity index (χ1v) is 7.20. The van der Waals surface area contributed by atoms with Crippen molar-refractivity contribution in [1.82, 2.24) is 5.32 Å². The number of carboxylic acid groups (broad SMARTS) is 1. The van der Waals surface area contributed by atoms with Crippen molar-refractivity contribution in [2.24, 2.45) is 5.92 Å². The van der Waals surface area contributed by atoms with Crippen molar-refractivity contribution in [3.05, 3.63) is 27.7 Å². The van der Waals surface area contributed by atoms with Gasteiger partial charge in [0.2, 0.25) is 0 Å². The lowest BCUT2D eigenvalue weighted by Crippen LogP contribution is -2.32. The van der Waals surface area contributed by atoms with Gasteiger partial charge in [-0.1, -0.05) is 36.5 Å². The number of ether oxygens (including phenoxy) is 1. The summed E-state index contributed by atoms with van der Waals surface area (Å²) in [6.07, 6.45) is 1.23. The van der Waals surface area contributed by atoms with Gasteiger partial charge in [0.15, 0.2) is 5.75 Å². The fourth-order valence-electron chi connectivity index (χ4n) is 1.87. The Balaban J connectivity index is 2.78. The van der Waals surface area contributed by atoms with Crippen molar-refractivity contribution in [3.63, 3.8) is 0 Å². The van der Waals surface area contributed by atoms with Gasteiger partial charge >= 0.3 is 5.97 Å². The van der Waals surface area contributed by atoms with E-state index in [1.54, 1.807) is 0 Å². The van der Waals surface area contributed by atoms with Gasteiger partial charge in [0.05, 0.1) is 23.1 Å². The Labute approximate surface area is 133 Å². The third-order valence-electron chi connectivity index (χ3n) is 2.96. The lowest BCUT2D eigenvalue weighted by molar-refractivity contribution is -0.141. The van der Waals surface area contributed by atoms with Gasteiger partial charge in [0, 0.05) is 12.1 Å². The standard InChI is InChI=1S/C14H17Cl2NO4/c1-3-4-8(14(19)20)7-17-13(18)9-5-10(15)12(21-2)11(16)6-9/h5-6,8H,3-4,7H2,1-2H3,(H,17,18)(H,19,20). The first-order chi connectivity index (χ1) is 9.90. The molecule has 1 amide bonds. The number of carbonyl (C=O) groups is 2. The van der Waals surface area contributed by atoms with Gasteiger partial charge in [0.1, 0.15) is 0 Å². The molecule has 1 aromatic rings. The summed E-state index contributed by atoms with van der Waals surface area (Å²) < 4.78 is 5.00. The highest BCUT2D eigenvalue weighted by Crippen LogP contribution is 2.33. The summed E-state index contributed by atoms with van der Waals surface area (Å²) in [4.78, 5) is 23.0. The van der Waals surface area contributed by atoms with Crippen LogP contribution in [0.3, 0.4) is 0 Å². The molecule has 0 fully saturated rings. The van der Waals surface area contributed by atoms with E-state index in [0.29, 0.717) is 12.2 Å². The Morgan fingerprint density at radius 2 is 1.90 bits per heavy atom. The summed E-state index contributed by atoms with van der Waals surface area (Å²) >= 11 is 11.9. The fourth-order valence-corrected chi connectivity index (χ4v) is 2.51. The first kappa shape index (κ1) is 17.6. The topological polar surface area (TPSA) is 75.6 Å². The third-order valence-corrected chi connectivity index (χ3v) is 3.52. The van der Waals surface area contributed by atoms with Crippen molar-refractivity contribution < 1.29 is 19.4 Å². The molecule has 0 aromatic heterocycles. The van der Waals surface area contributed by atoms with E-state index in [2.05, 4.69) is 5.32 Å². The molecule has 21 heavy (non-hydrogen) atoms. The van der Waals surface area contributed by atoms with E-state index in [1.165, 1.54) is 19.2 Å². The maximum Gasteiger partial charge on any atom is 0.308 e. The SMILES string of the molecule is CCCC(CNC(=O)c1cc(Cl)c(OC)c(Cl)c1)C(=O)O. The smallest absolute Gasteiger partial charge is 0.308 e. The molecule has 0 radical (unpaired) electrons. The number of hydrogen-bond acceptors (Lipinski definition) is 3. The number of hydrogen-bond donors (Lipinski definition) is 2. The number of amides is 1. The molecule has 0 saturated heterocycles. The van der Waals surface area contributed by atoms with E-state index < -0.39 is 17.8 Å². The number of rotatable bonds is 7. The van der Waals surface area contributed by atoms with Crippen LogP contribution in [0.4, 0.5) is 0 Å². The molecule has 2 N–H and O–H groups in total. The molecule has 5 nitrogen and oxygen atoms in total. The van der Waals surface area contributed by atoms with E-state index >= 15 is 0 Å². The zero-order chi connectivity index (χ0) is 16.0. The Bertz CT molecular complexity index is 511. The highest BCUT2D eigenvalue weighted by Gasteiger charge is 2.19. The number of methoxy groups -OCH3 is 1. The predicted molar refractivity (Wildman–Crippen MR) is 81.4 cm³/mol. The Morgan fingerprint density at radius 1 is 1.33 bits per heavy atom. The quantitative estimate of drug-likeness (QED) is 0.803. The Morgan fingerprint density at radius 3 is 2.33 bits per heavy atom. The minimum atomic E-state index is -0.928. The minimum absolute atomic E-state index is 0.0588. The van der Waals surface area contributed by atoms with Gasteiger partial charge in [-0.15, -0.1) is 0 Å². The van der Waals surface area contributed by atoms with Gasteiger partial charge in [-0.3, -0.25) is 9.59 Å². The highest BCUT2D eigenvalue weighted by atomic mass is 35.5. The Hall–Kier alpha value is -1.46. The molecule has 1 unspecified atom stereocenters. The average Bonchev–Trinajstić information content (AvgIpc) is 2.42. The van der Waals surface area contributed by atoms with Gasteiger partial charge in [-0.25, -0.2) is 0 Å². The van der Waals surface area contributed by atoms with E-state index in [-0.39, 0.29) is 22.2 Å². The van der Waals surface area contributed by atoms with E-state index in [9.17, 15) is 9.59 Å². The molecule has 1 rings (SSSR count). The van der Waals surface area contributed by atoms with Crippen LogP contribution < -0.4 is 10.1 Å². The summed E-state index contributed by atoms with van der Waals surface area (Å²) in [5.41, 5.74) is 0.256. The van der Waals surface area contributed by atoms with Crippen molar-refractivity contribution in [1.29, 1.82) is 0 Å². The summed E-state index contributed by atoms with van der Waals surface area (Å²) in [5, 5.41) is 12.1. The molecule has 0 aliphatic heterocycles. The molecular formula is C14H17Cl2NO4. The number of halogens is 2. The van der Waals surface area contributed by atoms with E-state index in [4.69, 9.17) is 33.0 Å². The van der Waals surface area contributed by atoms with Gasteiger partial charge < -0.3 is 15.2 Å². The van der Waals surface area contributed by atoms with Crippen molar-refractivity contribution in [3.8, 4) is 5.75 Å². The zero-order valence-corrected chi connectivity index (χ0v) is 13.3.